The van der Waals surface area contributed by atoms with Crippen molar-refractivity contribution in [1.82, 2.24) is 0 Å². The molecule has 0 N–H and O–H groups in total. The summed E-state index contributed by atoms with van der Waals surface area (Å²) < 4.78 is 33.5. The van der Waals surface area contributed by atoms with Gasteiger partial charge in [-0.05, 0) is 43.2 Å². The lowest BCUT2D eigenvalue weighted by Gasteiger charge is -2.14. The van der Waals surface area contributed by atoms with Crippen LogP contribution in [0.1, 0.15) is 23.4 Å². The molecule has 0 saturated heterocycles. The van der Waals surface area contributed by atoms with Crippen LogP contribution in [-0.4, -0.2) is 6.61 Å². The second-order valence-corrected chi connectivity index (χ2v) is 5.87. The van der Waals surface area contributed by atoms with Crippen LogP contribution in [0.2, 0.25) is 0 Å². The lowest BCUT2D eigenvalue weighted by molar-refractivity contribution is 0.340. The lowest BCUT2D eigenvalue weighted by atomic mass is 10.0. The summed E-state index contributed by atoms with van der Waals surface area (Å²) in [6.45, 7) is 2.46. The number of rotatable bonds is 5. The van der Waals surface area contributed by atoms with Gasteiger partial charge >= 0.3 is 0 Å². The van der Waals surface area contributed by atoms with Gasteiger partial charge in [0, 0.05) is 10.0 Å². The zero-order chi connectivity index (χ0) is 15.4. The molecule has 0 amide bonds. The highest BCUT2D eigenvalue weighted by atomic mass is 79.9. The molecule has 2 rings (SSSR count). The number of halogens is 4. The Morgan fingerprint density at radius 3 is 2.43 bits per heavy atom. The fourth-order valence-electron chi connectivity index (χ4n) is 2.03. The lowest BCUT2D eigenvalue weighted by Crippen LogP contribution is -2.02. The van der Waals surface area contributed by atoms with Gasteiger partial charge in [0.05, 0.1) is 12.0 Å². The molecule has 112 valence electrons. The summed E-state index contributed by atoms with van der Waals surface area (Å²) in [4.78, 5) is 0. The molecule has 5 heteroatoms. The van der Waals surface area contributed by atoms with E-state index >= 15 is 0 Å². The van der Waals surface area contributed by atoms with Crippen molar-refractivity contribution in [2.75, 3.05) is 6.61 Å². The topological polar surface area (TPSA) is 9.23 Å². The maximum atomic E-state index is 13.7. The standard InChI is InChI=1S/C16H14BrClF2O/c1-2-21-10-6-7-11(13(17)8-10)14(18)9-12-15(19)4-3-5-16(12)20/h3-8,14H,2,9H2,1H3. The van der Waals surface area contributed by atoms with Crippen molar-refractivity contribution >= 4 is 27.5 Å². The third kappa shape index (κ3) is 3.95. The largest absolute Gasteiger partial charge is 0.494 e. The maximum absolute atomic E-state index is 13.7. The number of alkyl halides is 1. The van der Waals surface area contributed by atoms with E-state index in [-0.39, 0.29) is 12.0 Å². The molecule has 1 atom stereocenters. The van der Waals surface area contributed by atoms with Crippen molar-refractivity contribution in [3.05, 3.63) is 63.6 Å². The zero-order valence-electron chi connectivity index (χ0n) is 11.4. The molecular formula is C16H14BrClF2O. The second kappa shape index (κ2) is 7.23. The summed E-state index contributed by atoms with van der Waals surface area (Å²) >= 11 is 9.73. The monoisotopic (exact) mass is 374 g/mol. The van der Waals surface area contributed by atoms with Crippen molar-refractivity contribution in [2.24, 2.45) is 0 Å². The molecule has 0 saturated carbocycles. The average Bonchev–Trinajstić information content (AvgIpc) is 2.43. The molecule has 0 aliphatic heterocycles. The van der Waals surface area contributed by atoms with E-state index in [1.54, 1.807) is 18.2 Å². The van der Waals surface area contributed by atoms with Crippen LogP contribution in [0, 0.1) is 11.6 Å². The van der Waals surface area contributed by atoms with Gasteiger partial charge in [0.25, 0.3) is 0 Å². The molecule has 2 aromatic carbocycles. The maximum Gasteiger partial charge on any atom is 0.129 e. The Kier molecular flexibility index (Phi) is 5.59. The van der Waals surface area contributed by atoms with E-state index in [0.717, 1.165) is 10.0 Å². The van der Waals surface area contributed by atoms with E-state index in [1.165, 1.54) is 18.2 Å². The first kappa shape index (κ1) is 16.2. The Labute approximate surface area is 136 Å². The average molecular weight is 376 g/mol. The predicted octanol–water partition coefficient (Wildman–Crippen LogP) is 5.65. The molecule has 0 heterocycles. The molecule has 2 aromatic rings. The molecule has 0 bridgehead atoms. The highest BCUT2D eigenvalue weighted by molar-refractivity contribution is 9.10. The summed E-state index contributed by atoms with van der Waals surface area (Å²) in [5, 5.41) is -0.540. The van der Waals surface area contributed by atoms with Gasteiger partial charge in [-0.15, -0.1) is 11.6 Å². The summed E-state index contributed by atoms with van der Waals surface area (Å²) in [6.07, 6.45) is 0.0760. The summed E-state index contributed by atoms with van der Waals surface area (Å²) in [5.74, 6) is -0.445. The van der Waals surface area contributed by atoms with E-state index in [4.69, 9.17) is 16.3 Å². The minimum atomic E-state index is -0.581. The highest BCUT2D eigenvalue weighted by Gasteiger charge is 2.17. The van der Waals surface area contributed by atoms with Crippen molar-refractivity contribution in [3.8, 4) is 5.75 Å². The third-order valence-electron chi connectivity index (χ3n) is 3.07. The van der Waals surface area contributed by atoms with E-state index in [2.05, 4.69) is 15.9 Å². The summed E-state index contributed by atoms with van der Waals surface area (Å²) in [7, 11) is 0. The first-order valence-corrected chi connectivity index (χ1v) is 7.75. The Bertz CT molecular complexity index is 613. The molecule has 0 radical (unpaired) electrons. The highest BCUT2D eigenvalue weighted by Crippen LogP contribution is 2.34. The Balaban J connectivity index is 2.22. The Morgan fingerprint density at radius 2 is 1.86 bits per heavy atom. The predicted molar refractivity (Wildman–Crippen MR) is 84.0 cm³/mol. The quantitative estimate of drug-likeness (QED) is 0.614. The minimum Gasteiger partial charge on any atom is -0.494 e. The van der Waals surface area contributed by atoms with Crippen LogP contribution in [0.15, 0.2) is 40.9 Å². The van der Waals surface area contributed by atoms with Crippen LogP contribution in [0.5, 0.6) is 5.75 Å². The van der Waals surface area contributed by atoms with Gasteiger partial charge in [-0.3, -0.25) is 0 Å². The summed E-state index contributed by atoms with van der Waals surface area (Å²) in [5.41, 5.74) is 0.765. The van der Waals surface area contributed by atoms with Crippen LogP contribution < -0.4 is 4.74 Å². The normalized spacial score (nSPS) is 12.2. The molecule has 1 unspecified atom stereocenters. The summed E-state index contributed by atoms with van der Waals surface area (Å²) in [6, 6.07) is 9.18. The van der Waals surface area contributed by atoms with Crippen molar-refractivity contribution < 1.29 is 13.5 Å². The molecule has 0 spiro atoms. The molecule has 21 heavy (non-hydrogen) atoms. The van der Waals surface area contributed by atoms with Crippen LogP contribution >= 0.6 is 27.5 Å². The van der Waals surface area contributed by atoms with Gasteiger partial charge in [0.15, 0.2) is 0 Å². The van der Waals surface area contributed by atoms with Gasteiger partial charge in [0.2, 0.25) is 0 Å². The molecular weight excluding hydrogens is 362 g/mol. The number of hydrogen-bond donors (Lipinski definition) is 0. The van der Waals surface area contributed by atoms with Crippen LogP contribution in [0.3, 0.4) is 0 Å². The van der Waals surface area contributed by atoms with E-state index < -0.39 is 17.0 Å². The van der Waals surface area contributed by atoms with Crippen molar-refractivity contribution in [3.63, 3.8) is 0 Å². The van der Waals surface area contributed by atoms with Crippen molar-refractivity contribution in [2.45, 2.75) is 18.7 Å². The van der Waals surface area contributed by atoms with E-state index in [1.807, 2.05) is 6.92 Å². The van der Waals surface area contributed by atoms with Crippen LogP contribution in [0.4, 0.5) is 8.78 Å². The second-order valence-electron chi connectivity index (χ2n) is 4.49. The molecule has 0 aliphatic carbocycles. The van der Waals surface area contributed by atoms with Crippen LogP contribution in [-0.2, 0) is 6.42 Å². The van der Waals surface area contributed by atoms with Crippen LogP contribution in [0.25, 0.3) is 0 Å². The number of benzene rings is 2. The third-order valence-corrected chi connectivity index (χ3v) is 4.14. The number of ether oxygens (including phenoxy) is 1. The van der Waals surface area contributed by atoms with Gasteiger partial charge in [0.1, 0.15) is 17.4 Å². The SMILES string of the molecule is CCOc1ccc(C(Cl)Cc2c(F)cccc2F)c(Br)c1. The molecule has 0 fully saturated rings. The van der Waals surface area contributed by atoms with E-state index in [9.17, 15) is 8.78 Å². The first-order chi connectivity index (χ1) is 10.0. The first-order valence-electron chi connectivity index (χ1n) is 6.52. The van der Waals surface area contributed by atoms with Gasteiger partial charge < -0.3 is 4.74 Å². The smallest absolute Gasteiger partial charge is 0.129 e. The Morgan fingerprint density at radius 1 is 1.19 bits per heavy atom. The minimum absolute atomic E-state index is 0.00159. The van der Waals surface area contributed by atoms with Gasteiger partial charge in [-0.1, -0.05) is 28.1 Å². The zero-order valence-corrected chi connectivity index (χ0v) is 13.7. The molecule has 0 aromatic heterocycles. The fourth-order valence-corrected chi connectivity index (χ4v) is 3.15. The van der Waals surface area contributed by atoms with Gasteiger partial charge in [-0.25, -0.2) is 8.78 Å². The Hall–Kier alpha value is -1.13. The molecule has 1 nitrogen and oxygen atoms in total. The fraction of sp³-hybridized carbons (Fsp3) is 0.250. The van der Waals surface area contributed by atoms with Gasteiger partial charge in [-0.2, -0.15) is 0 Å². The number of hydrogen-bond acceptors (Lipinski definition) is 1. The molecule has 0 aliphatic rings. The van der Waals surface area contributed by atoms with E-state index in [0.29, 0.717) is 12.4 Å². The van der Waals surface area contributed by atoms with Crippen molar-refractivity contribution in [1.29, 1.82) is 0 Å².